The van der Waals surface area contributed by atoms with E-state index >= 15 is 0 Å². The molecule has 1 fully saturated rings. The standard InChI is InChI=1S/C16H18O4/c1-20-10-5-4-9(17)13-14(10)16(19)12-8-3-2-7(6-8)11(12)15(13)18/h2-5,7-8,11-12,15-19H,6H2,1H3. The molecule has 106 valence electrons. The second-order valence-corrected chi connectivity index (χ2v) is 6.11. The van der Waals surface area contributed by atoms with Crippen molar-refractivity contribution in [1.82, 2.24) is 0 Å². The predicted molar refractivity (Wildman–Crippen MR) is 72.3 cm³/mol. The molecule has 2 bridgehead atoms. The number of aliphatic hydroxyl groups excluding tert-OH is 2. The summed E-state index contributed by atoms with van der Waals surface area (Å²) in [5.74, 6) is 1.20. The normalized spacial score (nSPS) is 40.5. The minimum atomic E-state index is -0.742. The van der Waals surface area contributed by atoms with E-state index < -0.39 is 12.2 Å². The van der Waals surface area contributed by atoms with E-state index in [1.165, 1.54) is 6.07 Å². The Labute approximate surface area is 117 Å². The molecule has 3 N–H and O–H groups in total. The molecule has 3 aliphatic rings. The highest BCUT2D eigenvalue weighted by Crippen LogP contribution is 2.62. The number of methoxy groups -OCH3 is 1. The average molecular weight is 274 g/mol. The van der Waals surface area contributed by atoms with Gasteiger partial charge in [0, 0.05) is 23.0 Å². The molecule has 1 aromatic rings. The van der Waals surface area contributed by atoms with Crippen LogP contribution in [0.15, 0.2) is 24.3 Å². The molecular formula is C16H18O4. The van der Waals surface area contributed by atoms with E-state index in [2.05, 4.69) is 12.2 Å². The molecule has 0 heterocycles. The minimum Gasteiger partial charge on any atom is -0.508 e. The zero-order valence-electron chi connectivity index (χ0n) is 11.2. The summed E-state index contributed by atoms with van der Waals surface area (Å²) in [5.41, 5.74) is 1.00. The Hall–Kier alpha value is -1.52. The molecular weight excluding hydrogens is 256 g/mol. The number of aromatic hydroxyl groups is 1. The number of allylic oxidation sites excluding steroid dienone is 2. The Morgan fingerprint density at radius 2 is 1.60 bits per heavy atom. The summed E-state index contributed by atoms with van der Waals surface area (Å²) in [7, 11) is 1.54. The van der Waals surface area contributed by atoms with Gasteiger partial charge in [0.15, 0.2) is 0 Å². The highest BCUT2D eigenvalue weighted by molar-refractivity contribution is 5.53. The number of rotatable bonds is 1. The molecule has 4 nitrogen and oxygen atoms in total. The molecule has 0 radical (unpaired) electrons. The lowest BCUT2D eigenvalue weighted by Crippen LogP contribution is -2.36. The molecule has 0 aromatic heterocycles. The Kier molecular flexibility index (Phi) is 2.44. The van der Waals surface area contributed by atoms with Gasteiger partial charge in [0.25, 0.3) is 0 Å². The maximum absolute atomic E-state index is 10.8. The van der Waals surface area contributed by atoms with Gasteiger partial charge >= 0.3 is 0 Å². The van der Waals surface area contributed by atoms with E-state index in [1.54, 1.807) is 13.2 Å². The summed E-state index contributed by atoms with van der Waals surface area (Å²) in [6.45, 7) is 0. The van der Waals surface area contributed by atoms with Crippen LogP contribution >= 0.6 is 0 Å². The van der Waals surface area contributed by atoms with Gasteiger partial charge in [-0.25, -0.2) is 0 Å². The third-order valence-electron chi connectivity index (χ3n) is 5.35. The van der Waals surface area contributed by atoms with Crippen molar-refractivity contribution in [3.8, 4) is 11.5 Å². The van der Waals surface area contributed by atoms with E-state index in [1.807, 2.05) is 0 Å². The fourth-order valence-electron chi connectivity index (χ4n) is 4.57. The number of hydrogen-bond donors (Lipinski definition) is 3. The molecule has 0 saturated heterocycles. The highest BCUT2D eigenvalue weighted by Gasteiger charge is 2.55. The number of phenols is 1. The SMILES string of the molecule is COc1ccc(O)c2c1C(O)C1C3C=CC(C3)C1C2O. The van der Waals surface area contributed by atoms with E-state index in [9.17, 15) is 15.3 Å². The van der Waals surface area contributed by atoms with E-state index in [-0.39, 0.29) is 17.6 Å². The first-order valence-corrected chi connectivity index (χ1v) is 7.07. The second kappa shape index (κ2) is 3.99. The topological polar surface area (TPSA) is 69.9 Å². The lowest BCUT2D eigenvalue weighted by molar-refractivity contribution is -0.0234. The van der Waals surface area contributed by atoms with E-state index in [0.29, 0.717) is 28.7 Å². The van der Waals surface area contributed by atoms with Crippen LogP contribution in [0.5, 0.6) is 11.5 Å². The van der Waals surface area contributed by atoms with Gasteiger partial charge in [-0.15, -0.1) is 0 Å². The smallest absolute Gasteiger partial charge is 0.125 e. The van der Waals surface area contributed by atoms with Crippen molar-refractivity contribution in [2.24, 2.45) is 23.7 Å². The molecule has 4 rings (SSSR count). The Balaban J connectivity index is 1.92. The summed E-state index contributed by atoms with van der Waals surface area (Å²) >= 11 is 0. The van der Waals surface area contributed by atoms with Gasteiger partial charge < -0.3 is 20.1 Å². The Morgan fingerprint density at radius 1 is 1.00 bits per heavy atom. The number of ether oxygens (including phenoxy) is 1. The van der Waals surface area contributed by atoms with Crippen LogP contribution in [0.1, 0.15) is 29.8 Å². The number of aliphatic hydroxyl groups is 2. The Bertz CT molecular complexity index is 594. The summed E-state index contributed by atoms with van der Waals surface area (Å²) < 4.78 is 5.31. The zero-order valence-corrected chi connectivity index (χ0v) is 11.2. The van der Waals surface area contributed by atoms with Gasteiger partial charge in [-0.05, 0) is 30.4 Å². The first-order valence-electron chi connectivity index (χ1n) is 7.07. The monoisotopic (exact) mass is 274 g/mol. The number of hydrogen-bond acceptors (Lipinski definition) is 4. The van der Waals surface area contributed by atoms with Gasteiger partial charge in [0.2, 0.25) is 0 Å². The van der Waals surface area contributed by atoms with Crippen LogP contribution in [-0.4, -0.2) is 22.4 Å². The van der Waals surface area contributed by atoms with Crippen LogP contribution in [0, 0.1) is 23.7 Å². The molecule has 6 atom stereocenters. The lowest BCUT2D eigenvalue weighted by Gasteiger charge is -2.41. The van der Waals surface area contributed by atoms with Gasteiger partial charge in [-0.1, -0.05) is 12.2 Å². The quantitative estimate of drug-likeness (QED) is 0.684. The van der Waals surface area contributed by atoms with Crippen molar-refractivity contribution in [2.45, 2.75) is 18.6 Å². The predicted octanol–water partition coefficient (Wildman–Crippen LogP) is 1.92. The summed E-state index contributed by atoms with van der Waals surface area (Å²) in [6, 6.07) is 3.17. The molecule has 4 heteroatoms. The van der Waals surface area contributed by atoms with E-state index in [0.717, 1.165) is 6.42 Å². The average Bonchev–Trinajstić information content (AvgIpc) is 3.05. The first kappa shape index (κ1) is 12.2. The van der Waals surface area contributed by atoms with Gasteiger partial charge in [-0.3, -0.25) is 0 Å². The van der Waals surface area contributed by atoms with Gasteiger partial charge in [0.05, 0.1) is 19.3 Å². The van der Waals surface area contributed by atoms with Crippen molar-refractivity contribution >= 4 is 0 Å². The van der Waals surface area contributed by atoms with Crippen LogP contribution in [0.4, 0.5) is 0 Å². The first-order chi connectivity index (χ1) is 9.63. The van der Waals surface area contributed by atoms with Crippen LogP contribution in [0.3, 0.4) is 0 Å². The van der Waals surface area contributed by atoms with Crippen molar-refractivity contribution in [3.63, 3.8) is 0 Å². The van der Waals surface area contributed by atoms with Crippen molar-refractivity contribution < 1.29 is 20.1 Å². The van der Waals surface area contributed by atoms with Gasteiger partial charge in [-0.2, -0.15) is 0 Å². The molecule has 1 saturated carbocycles. The highest BCUT2D eigenvalue weighted by atomic mass is 16.5. The van der Waals surface area contributed by atoms with Crippen molar-refractivity contribution in [2.75, 3.05) is 7.11 Å². The maximum atomic E-state index is 10.8. The molecule has 1 aromatic carbocycles. The minimum absolute atomic E-state index is 0.00879. The van der Waals surface area contributed by atoms with E-state index in [4.69, 9.17) is 4.74 Å². The largest absolute Gasteiger partial charge is 0.508 e. The number of benzene rings is 1. The third-order valence-corrected chi connectivity index (χ3v) is 5.35. The van der Waals surface area contributed by atoms with Crippen LogP contribution in [0.25, 0.3) is 0 Å². The third kappa shape index (κ3) is 1.33. The van der Waals surface area contributed by atoms with Crippen molar-refractivity contribution in [1.29, 1.82) is 0 Å². The molecule has 3 aliphatic carbocycles. The molecule has 0 amide bonds. The second-order valence-electron chi connectivity index (χ2n) is 6.11. The van der Waals surface area contributed by atoms with Crippen LogP contribution in [-0.2, 0) is 0 Å². The van der Waals surface area contributed by atoms with Crippen LogP contribution < -0.4 is 4.74 Å². The lowest BCUT2D eigenvalue weighted by atomic mass is 9.67. The maximum Gasteiger partial charge on any atom is 0.125 e. The van der Waals surface area contributed by atoms with Gasteiger partial charge in [0.1, 0.15) is 11.5 Å². The molecule has 0 aliphatic heterocycles. The summed E-state index contributed by atoms with van der Waals surface area (Å²) in [6.07, 6.45) is 3.85. The fraction of sp³-hybridized carbons (Fsp3) is 0.500. The summed E-state index contributed by atoms with van der Waals surface area (Å²) in [5, 5.41) is 31.6. The molecule has 0 spiro atoms. The molecule has 20 heavy (non-hydrogen) atoms. The zero-order chi connectivity index (χ0) is 14.0. The number of fused-ring (bicyclic) bond motifs is 6. The Morgan fingerprint density at radius 3 is 2.20 bits per heavy atom. The fourth-order valence-corrected chi connectivity index (χ4v) is 4.57. The number of phenolic OH excluding ortho intramolecular Hbond substituents is 1. The summed E-state index contributed by atoms with van der Waals surface area (Å²) in [4.78, 5) is 0. The van der Waals surface area contributed by atoms with Crippen molar-refractivity contribution in [3.05, 3.63) is 35.4 Å². The molecule has 6 unspecified atom stereocenters. The van der Waals surface area contributed by atoms with Crippen LogP contribution in [0.2, 0.25) is 0 Å².